The lowest BCUT2D eigenvalue weighted by molar-refractivity contribution is -0.136. The molecule has 1 saturated heterocycles. The van der Waals surface area contributed by atoms with E-state index < -0.39 is 11.8 Å². The molecule has 0 aliphatic carbocycles. The van der Waals surface area contributed by atoms with Crippen LogP contribution in [-0.4, -0.2) is 55.1 Å². The van der Waals surface area contributed by atoms with E-state index in [-0.39, 0.29) is 12.5 Å². The van der Waals surface area contributed by atoms with Gasteiger partial charge in [-0.3, -0.25) is 14.4 Å². The third kappa shape index (κ3) is 6.31. The fourth-order valence-corrected chi connectivity index (χ4v) is 3.16. The standard InChI is InChI=1S/C23H26N4O5/c1-2-31-20-12-6-4-10-18(20)25-22(29)23(30)26-24-15-17-9-3-5-11-19(17)32-16-21(28)27-13-7-8-14-27/h3-6,9-12,15H,2,7-8,13-14,16H2,1H3,(H,25,29)(H,26,30)/b24-15-. The molecule has 0 aromatic heterocycles. The average Bonchev–Trinajstić information content (AvgIpc) is 3.35. The Morgan fingerprint density at radius 1 is 0.969 bits per heavy atom. The van der Waals surface area contributed by atoms with Crippen LogP contribution in [0, 0.1) is 0 Å². The van der Waals surface area contributed by atoms with Crippen LogP contribution in [0.25, 0.3) is 0 Å². The maximum Gasteiger partial charge on any atom is 0.329 e. The predicted molar refractivity (Wildman–Crippen MR) is 120 cm³/mol. The molecule has 1 aliphatic heterocycles. The van der Waals surface area contributed by atoms with E-state index in [0.29, 0.717) is 29.4 Å². The summed E-state index contributed by atoms with van der Waals surface area (Å²) in [6.07, 6.45) is 3.38. The van der Waals surface area contributed by atoms with Crippen LogP contribution in [0.1, 0.15) is 25.3 Å². The molecule has 9 heteroatoms. The average molecular weight is 438 g/mol. The Balaban J connectivity index is 1.54. The molecule has 0 spiro atoms. The largest absolute Gasteiger partial charge is 0.492 e. The van der Waals surface area contributed by atoms with Crippen molar-refractivity contribution < 1.29 is 23.9 Å². The number of carbonyl (C=O) groups is 3. The number of rotatable bonds is 8. The number of amides is 3. The van der Waals surface area contributed by atoms with Crippen molar-refractivity contribution in [3.05, 3.63) is 54.1 Å². The van der Waals surface area contributed by atoms with Crippen molar-refractivity contribution in [1.82, 2.24) is 10.3 Å². The van der Waals surface area contributed by atoms with E-state index in [1.165, 1.54) is 6.21 Å². The molecule has 0 radical (unpaired) electrons. The van der Waals surface area contributed by atoms with Gasteiger partial charge in [-0.25, -0.2) is 5.43 Å². The molecule has 2 aromatic carbocycles. The van der Waals surface area contributed by atoms with Gasteiger partial charge in [0.15, 0.2) is 6.61 Å². The highest BCUT2D eigenvalue weighted by molar-refractivity contribution is 6.39. The van der Waals surface area contributed by atoms with Crippen LogP contribution in [-0.2, 0) is 14.4 Å². The molecule has 0 unspecified atom stereocenters. The smallest absolute Gasteiger partial charge is 0.329 e. The first-order chi connectivity index (χ1) is 15.6. The van der Waals surface area contributed by atoms with E-state index in [4.69, 9.17) is 9.47 Å². The molecule has 1 heterocycles. The number of benzene rings is 2. The maximum absolute atomic E-state index is 12.2. The van der Waals surface area contributed by atoms with Crippen LogP contribution in [0.3, 0.4) is 0 Å². The van der Waals surface area contributed by atoms with E-state index in [2.05, 4.69) is 15.8 Å². The Bertz CT molecular complexity index is 986. The second-order valence-corrected chi connectivity index (χ2v) is 7.00. The molecule has 1 fully saturated rings. The number of likely N-dealkylation sites (tertiary alicyclic amines) is 1. The number of hydrogen-bond acceptors (Lipinski definition) is 6. The monoisotopic (exact) mass is 438 g/mol. The molecule has 2 N–H and O–H groups in total. The number of anilines is 1. The second-order valence-electron chi connectivity index (χ2n) is 7.00. The van der Waals surface area contributed by atoms with Gasteiger partial charge in [0.05, 0.1) is 18.5 Å². The van der Waals surface area contributed by atoms with Crippen LogP contribution < -0.4 is 20.2 Å². The van der Waals surface area contributed by atoms with Gasteiger partial charge < -0.3 is 19.7 Å². The lowest BCUT2D eigenvalue weighted by Crippen LogP contribution is -2.32. The third-order valence-corrected chi connectivity index (χ3v) is 4.74. The molecule has 168 valence electrons. The Morgan fingerprint density at radius 3 is 2.41 bits per heavy atom. The summed E-state index contributed by atoms with van der Waals surface area (Å²) in [4.78, 5) is 38.2. The molecular weight excluding hydrogens is 412 g/mol. The van der Waals surface area contributed by atoms with E-state index in [1.54, 1.807) is 53.4 Å². The number of nitrogens with one attached hydrogen (secondary N) is 2. The van der Waals surface area contributed by atoms with Crippen LogP contribution in [0.15, 0.2) is 53.6 Å². The summed E-state index contributed by atoms with van der Waals surface area (Å²) in [5.41, 5.74) is 3.13. The number of ether oxygens (including phenoxy) is 2. The van der Waals surface area contributed by atoms with Gasteiger partial charge in [0, 0.05) is 18.7 Å². The molecule has 0 bridgehead atoms. The van der Waals surface area contributed by atoms with Crippen molar-refractivity contribution in [1.29, 1.82) is 0 Å². The van der Waals surface area contributed by atoms with Crippen molar-refractivity contribution in [2.75, 3.05) is 31.6 Å². The first-order valence-corrected chi connectivity index (χ1v) is 10.4. The molecule has 3 rings (SSSR count). The number of nitrogens with zero attached hydrogens (tertiary/aromatic N) is 2. The highest BCUT2D eigenvalue weighted by Crippen LogP contribution is 2.23. The predicted octanol–water partition coefficient (Wildman–Crippen LogP) is 2.18. The third-order valence-electron chi connectivity index (χ3n) is 4.74. The van der Waals surface area contributed by atoms with Crippen molar-refractivity contribution in [3.8, 4) is 11.5 Å². The quantitative estimate of drug-likeness (QED) is 0.373. The van der Waals surface area contributed by atoms with Gasteiger partial charge in [-0.1, -0.05) is 24.3 Å². The Morgan fingerprint density at radius 2 is 1.66 bits per heavy atom. The SMILES string of the molecule is CCOc1ccccc1NC(=O)C(=O)N/N=C\c1ccccc1OCC(=O)N1CCCC1. The van der Waals surface area contributed by atoms with E-state index >= 15 is 0 Å². The van der Waals surface area contributed by atoms with Gasteiger partial charge in [-0.2, -0.15) is 5.10 Å². The van der Waals surface area contributed by atoms with E-state index in [1.807, 2.05) is 6.92 Å². The zero-order valence-corrected chi connectivity index (χ0v) is 17.9. The Kier molecular flexibility index (Phi) is 8.19. The second kappa shape index (κ2) is 11.5. The minimum atomic E-state index is -0.935. The van der Waals surface area contributed by atoms with Crippen LogP contribution >= 0.6 is 0 Å². The summed E-state index contributed by atoms with van der Waals surface area (Å²) < 4.78 is 11.1. The van der Waals surface area contributed by atoms with Crippen molar-refractivity contribution >= 4 is 29.6 Å². The van der Waals surface area contributed by atoms with Crippen molar-refractivity contribution in [2.45, 2.75) is 19.8 Å². The Labute approximate surface area is 186 Å². The first kappa shape index (κ1) is 22.8. The van der Waals surface area contributed by atoms with Crippen LogP contribution in [0.4, 0.5) is 5.69 Å². The van der Waals surface area contributed by atoms with Crippen molar-refractivity contribution in [3.63, 3.8) is 0 Å². The van der Waals surface area contributed by atoms with Crippen molar-refractivity contribution in [2.24, 2.45) is 5.10 Å². The molecule has 0 saturated carbocycles. The maximum atomic E-state index is 12.2. The minimum absolute atomic E-state index is 0.0634. The number of hydrazone groups is 1. The summed E-state index contributed by atoms with van der Waals surface area (Å²) >= 11 is 0. The highest BCUT2D eigenvalue weighted by Gasteiger charge is 2.18. The van der Waals surface area contributed by atoms with Gasteiger partial charge in [0.2, 0.25) is 0 Å². The van der Waals surface area contributed by atoms with E-state index in [0.717, 1.165) is 25.9 Å². The fourth-order valence-electron chi connectivity index (χ4n) is 3.16. The summed E-state index contributed by atoms with van der Waals surface area (Å²) in [6.45, 7) is 3.69. The molecule has 1 aliphatic rings. The first-order valence-electron chi connectivity index (χ1n) is 10.4. The molecule has 9 nitrogen and oxygen atoms in total. The lowest BCUT2D eigenvalue weighted by atomic mass is 10.2. The van der Waals surface area contributed by atoms with E-state index in [9.17, 15) is 14.4 Å². The lowest BCUT2D eigenvalue weighted by Gasteiger charge is -2.16. The summed E-state index contributed by atoms with van der Waals surface area (Å²) in [7, 11) is 0. The number of para-hydroxylation sites is 3. The Hall–Kier alpha value is -3.88. The fraction of sp³-hybridized carbons (Fsp3) is 0.304. The summed E-state index contributed by atoms with van der Waals surface area (Å²) in [5, 5.41) is 6.33. The topological polar surface area (TPSA) is 109 Å². The number of hydrogen-bond donors (Lipinski definition) is 2. The van der Waals surface area contributed by atoms with Gasteiger partial charge in [-0.05, 0) is 44.0 Å². The summed E-state index contributed by atoms with van der Waals surface area (Å²) in [6, 6.07) is 13.8. The molecule has 32 heavy (non-hydrogen) atoms. The zero-order chi connectivity index (χ0) is 22.8. The highest BCUT2D eigenvalue weighted by atomic mass is 16.5. The molecule has 3 amide bonds. The van der Waals surface area contributed by atoms with Gasteiger partial charge in [-0.15, -0.1) is 0 Å². The van der Waals surface area contributed by atoms with Gasteiger partial charge in [0.25, 0.3) is 5.91 Å². The van der Waals surface area contributed by atoms with Gasteiger partial charge >= 0.3 is 11.8 Å². The van der Waals surface area contributed by atoms with Gasteiger partial charge in [0.1, 0.15) is 11.5 Å². The zero-order valence-electron chi connectivity index (χ0n) is 17.9. The molecule has 0 atom stereocenters. The minimum Gasteiger partial charge on any atom is -0.492 e. The molecular formula is C23H26N4O5. The van der Waals surface area contributed by atoms with Crippen LogP contribution in [0.2, 0.25) is 0 Å². The van der Waals surface area contributed by atoms with Crippen LogP contribution in [0.5, 0.6) is 11.5 Å². The molecule has 2 aromatic rings. The normalized spacial score (nSPS) is 13.1. The summed E-state index contributed by atoms with van der Waals surface area (Å²) in [5.74, 6) is -0.959. The number of carbonyl (C=O) groups excluding carboxylic acids is 3.